The summed E-state index contributed by atoms with van der Waals surface area (Å²) in [5, 5.41) is 14.1. The highest BCUT2D eigenvalue weighted by Gasteiger charge is 2.41. The highest BCUT2D eigenvalue weighted by molar-refractivity contribution is 14.0. The minimum Gasteiger partial charge on any atom is -0.387 e. The smallest absolute Gasteiger partial charge is 0.194 e. The van der Waals surface area contributed by atoms with Gasteiger partial charge in [0.15, 0.2) is 5.96 Å². The first-order valence-corrected chi connectivity index (χ1v) is 11.6. The Bertz CT molecular complexity index is 672. The second-order valence-electron chi connectivity index (χ2n) is 8.03. The molecule has 0 saturated carbocycles. The summed E-state index contributed by atoms with van der Waals surface area (Å²) >= 11 is 1.82. The number of halogens is 1. The van der Waals surface area contributed by atoms with Gasteiger partial charge in [0.25, 0.3) is 0 Å². The lowest BCUT2D eigenvalue weighted by Gasteiger charge is -2.36. The number of aliphatic hydroxyl groups is 1. The van der Waals surface area contributed by atoms with E-state index in [4.69, 9.17) is 9.73 Å². The number of morpholine rings is 1. The predicted octanol–water partition coefficient (Wildman–Crippen LogP) is 2.02. The summed E-state index contributed by atoms with van der Waals surface area (Å²) in [5.41, 5.74) is 0.705. The zero-order chi connectivity index (χ0) is 19.4. The third-order valence-corrected chi connectivity index (χ3v) is 7.12. The van der Waals surface area contributed by atoms with E-state index in [9.17, 15) is 5.11 Å². The van der Waals surface area contributed by atoms with Gasteiger partial charge in [-0.05, 0) is 24.7 Å². The molecule has 1 aromatic carbocycles. The average molecular weight is 532 g/mol. The minimum atomic E-state index is -0.645. The van der Waals surface area contributed by atoms with Crippen LogP contribution in [0.1, 0.15) is 18.9 Å². The van der Waals surface area contributed by atoms with Crippen LogP contribution in [0.2, 0.25) is 0 Å². The van der Waals surface area contributed by atoms with Crippen LogP contribution < -0.4 is 5.32 Å². The molecule has 0 aliphatic carbocycles. The highest BCUT2D eigenvalue weighted by Crippen LogP contribution is 2.28. The molecule has 3 aliphatic rings. The van der Waals surface area contributed by atoms with Crippen molar-refractivity contribution in [3.63, 3.8) is 0 Å². The Labute approximate surface area is 195 Å². The van der Waals surface area contributed by atoms with E-state index in [-0.39, 0.29) is 30.1 Å². The van der Waals surface area contributed by atoms with Gasteiger partial charge in [-0.3, -0.25) is 9.89 Å². The van der Waals surface area contributed by atoms with Gasteiger partial charge < -0.3 is 20.1 Å². The zero-order valence-corrected chi connectivity index (χ0v) is 20.3. The molecule has 1 aromatic rings. The summed E-state index contributed by atoms with van der Waals surface area (Å²) in [6, 6.07) is 11.1. The van der Waals surface area contributed by atoms with Gasteiger partial charge in [0.1, 0.15) is 0 Å². The van der Waals surface area contributed by atoms with Crippen molar-refractivity contribution in [2.75, 3.05) is 50.8 Å². The second-order valence-corrected chi connectivity index (χ2v) is 9.14. The van der Waals surface area contributed by atoms with E-state index in [2.05, 4.69) is 52.4 Å². The van der Waals surface area contributed by atoms with Gasteiger partial charge in [-0.15, -0.1) is 24.0 Å². The molecule has 3 unspecified atom stereocenters. The number of nitrogens with one attached hydrogen (secondary N) is 1. The Morgan fingerprint density at radius 2 is 2.17 bits per heavy atom. The van der Waals surface area contributed by atoms with Crippen LogP contribution in [0, 0.1) is 0 Å². The second kappa shape index (κ2) is 10.7. The van der Waals surface area contributed by atoms with Gasteiger partial charge in [-0.2, -0.15) is 11.8 Å². The van der Waals surface area contributed by atoms with Gasteiger partial charge in [-0.25, -0.2) is 0 Å². The molecular weight excluding hydrogens is 499 g/mol. The van der Waals surface area contributed by atoms with E-state index in [0.29, 0.717) is 12.6 Å². The van der Waals surface area contributed by atoms with Crippen LogP contribution in [0.5, 0.6) is 0 Å². The van der Waals surface area contributed by atoms with Crippen LogP contribution in [0.15, 0.2) is 35.3 Å². The monoisotopic (exact) mass is 532 g/mol. The molecule has 0 spiro atoms. The number of benzene rings is 1. The Kier molecular flexibility index (Phi) is 8.50. The first-order chi connectivity index (χ1) is 13.7. The number of hydrogen-bond acceptors (Lipinski definition) is 5. The van der Waals surface area contributed by atoms with Gasteiger partial charge in [-0.1, -0.05) is 30.3 Å². The molecule has 3 saturated heterocycles. The lowest BCUT2D eigenvalue weighted by atomic mass is 10.1. The number of rotatable bonds is 5. The van der Waals surface area contributed by atoms with Gasteiger partial charge in [0.05, 0.1) is 30.9 Å². The topological polar surface area (TPSA) is 60.3 Å². The summed E-state index contributed by atoms with van der Waals surface area (Å²) in [6.07, 6.45) is 1.05. The lowest BCUT2D eigenvalue weighted by molar-refractivity contribution is -0.0502. The third-order valence-electron chi connectivity index (χ3n) is 5.88. The number of ether oxygens (including phenoxy) is 1. The fourth-order valence-electron chi connectivity index (χ4n) is 4.31. The lowest BCUT2D eigenvalue weighted by Crippen LogP contribution is -2.50. The first kappa shape index (κ1) is 23.1. The molecule has 3 aliphatic heterocycles. The van der Waals surface area contributed by atoms with E-state index in [1.807, 2.05) is 11.8 Å². The normalized spacial score (nSPS) is 30.1. The molecule has 2 N–H and O–H groups in total. The molecule has 8 heteroatoms. The number of aliphatic imine (C=N–C) groups is 1. The van der Waals surface area contributed by atoms with E-state index in [1.54, 1.807) is 0 Å². The van der Waals surface area contributed by atoms with E-state index in [0.717, 1.165) is 63.2 Å². The SMILES string of the molecule is CCNC(=NCC1(O)CCSC1)N1CC2OCCN(Cc3ccccc3)C2C1.I. The van der Waals surface area contributed by atoms with E-state index < -0.39 is 5.60 Å². The summed E-state index contributed by atoms with van der Waals surface area (Å²) < 4.78 is 6.11. The number of guanidine groups is 1. The first-order valence-electron chi connectivity index (χ1n) is 10.4. The van der Waals surface area contributed by atoms with Crippen molar-refractivity contribution in [3.8, 4) is 0 Å². The number of fused-ring (bicyclic) bond motifs is 1. The van der Waals surface area contributed by atoms with Crippen LogP contribution in [0.4, 0.5) is 0 Å². The molecule has 0 amide bonds. The molecule has 4 rings (SSSR count). The van der Waals surface area contributed by atoms with Gasteiger partial charge in [0.2, 0.25) is 0 Å². The molecule has 3 heterocycles. The number of likely N-dealkylation sites (tertiary alicyclic amines) is 1. The summed E-state index contributed by atoms with van der Waals surface area (Å²) in [5.74, 6) is 2.72. The van der Waals surface area contributed by atoms with E-state index >= 15 is 0 Å². The Morgan fingerprint density at radius 1 is 1.34 bits per heavy atom. The predicted molar refractivity (Wildman–Crippen MR) is 130 cm³/mol. The van der Waals surface area contributed by atoms with E-state index in [1.165, 1.54) is 5.56 Å². The van der Waals surface area contributed by atoms with Crippen molar-refractivity contribution in [3.05, 3.63) is 35.9 Å². The molecule has 29 heavy (non-hydrogen) atoms. The molecule has 3 fully saturated rings. The molecule has 0 radical (unpaired) electrons. The summed E-state index contributed by atoms with van der Waals surface area (Å²) in [6.45, 7) is 7.88. The maximum atomic E-state index is 10.7. The van der Waals surface area contributed by atoms with Crippen LogP contribution in [-0.2, 0) is 11.3 Å². The minimum absolute atomic E-state index is 0. The maximum absolute atomic E-state index is 10.7. The number of thioether (sulfide) groups is 1. The average Bonchev–Trinajstić information content (AvgIpc) is 3.33. The molecule has 0 bridgehead atoms. The number of nitrogens with zero attached hydrogens (tertiary/aromatic N) is 3. The fraction of sp³-hybridized carbons (Fsp3) is 0.667. The number of hydrogen-bond donors (Lipinski definition) is 2. The Morgan fingerprint density at radius 3 is 2.90 bits per heavy atom. The quantitative estimate of drug-likeness (QED) is 0.344. The van der Waals surface area contributed by atoms with Crippen LogP contribution >= 0.6 is 35.7 Å². The van der Waals surface area contributed by atoms with Crippen LogP contribution in [-0.4, -0.2) is 89.4 Å². The fourth-order valence-corrected chi connectivity index (χ4v) is 5.60. The highest BCUT2D eigenvalue weighted by atomic mass is 127. The van der Waals surface area contributed by atoms with Crippen LogP contribution in [0.3, 0.4) is 0 Å². The summed E-state index contributed by atoms with van der Waals surface area (Å²) in [7, 11) is 0. The van der Waals surface area contributed by atoms with Crippen molar-refractivity contribution in [2.45, 2.75) is 37.6 Å². The van der Waals surface area contributed by atoms with Gasteiger partial charge in [0, 0.05) is 38.5 Å². The molecule has 162 valence electrons. The molecule has 0 aromatic heterocycles. The third kappa shape index (κ3) is 5.78. The van der Waals surface area contributed by atoms with Crippen molar-refractivity contribution in [1.82, 2.24) is 15.1 Å². The van der Waals surface area contributed by atoms with Crippen molar-refractivity contribution < 1.29 is 9.84 Å². The van der Waals surface area contributed by atoms with Gasteiger partial charge >= 0.3 is 0 Å². The molecule has 6 nitrogen and oxygen atoms in total. The molecule has 3 atom stereocenters. The summed E-state index contributed by atoms with van der Waals surface area (Å²) in [4.78, 5) is 9.67. The largest absolute Gasteiger partial charge is 0.387 e. The van der Waals surface area contributed by atoms with Crippen molar-refractivity contribution in [2.24, 2.45) is 4.99 Å². The zero-order valence-electron chi connectivity index (χ0n) is 17.1. The maximum Gasteiger partial charge on any atom is 0.194 e. The van der Waals surface area contributed by atoms with Crippen molar-refractivity contribution >= 4 is 41.7 Å². The van der Waals surface area contributed by atoms with Crippen molar-refractivity contribution in [1.29, 1.82) is 0 Å². The Hall–Kier alpha value is -0.550. The Balaban J connectivity index is 0.00000240. The molecular formula is C21H33IN4O2S. The standard InChI is InChI=1S/C21H32N4O2S.HI/c1-2-22-20(23-15-21(26)8-11-28-16-21)25-13-18-19(14-25)27-10-9-24(18)12-17-6-4-3-5-7-17;/h3-7,18-19,26H,2,8-16H2,1H3,(H,22,23);1H. The van der Waals surface area contributed by atoms with Crippen LogP contribution in [0.25, 0.3) is 0 Å².